The summed E-state index contributed by atoms with van der Waals surface area (Å²) >= 11 is 0. The molecular formula is C23H28N2O5S. The average molecular weight is 445 g/mol. The van der Waals surface area contributed by atoms with E-state index < -0.39 is 15.9 Å². The minimum Gasteiger partial charge on any atom is -0.465 e. The molecule has 0 aromatic heterocycles. The van der Waals surface area contributed by atoms with Gasteiger partial charge in [-0.05, 0) is 53.3 Å². The smallest absolute Gasteiger partial charge is 0.407 e. The molecule has 0 saturated carbocycles. The molecule has 0 spiro atoms. The molecule has 0 saturated heterocycles. The second-order valence-corrected chi connectivity index (χ2v) is 10.3. The molecular weight excluding hydrogens is 416 g/mol. The summed E-state index contributed by atoms with van der Waals surface area (Å²) in [5.74, 6) is -0.0623. The van der Waals surface area contributed by atoms with E-state index in [2.05, 4.69) is 5.32 Å². The lowest BCUT2D eigenvalue weighted by molar-refractivity contribution is 0.0947. The van der Waals surface area contributed by atoms with Gasteiger partial charge in [-0.1, -0.05) is 39.0 Å². The van der Waals surface area contributed by atoms with Crippen LogP contribution in [0.3, 0.4) is 0 Å². The Labute approximate surface area is 183 Å². The number of nitrogens with zero attached hydrogens (tertiary/aromatic N) is 1. The van der Waals surface area contributed by atoms with E-state index in [1.54, 1.807) is 37.3 Å². The van der Waals surface area contributed by atoms with Crippen molar-refractivity contribution in [1.82, 2.24) is 10.2 Å². The van der Waals surface area contributed by atoms with E-state index in [1.165, 1.54) is 4.90 Å². The molecule has 1 atom stereocenters. The van der Waals surface area contributed by atoms with Crippen LogP contribution in [0, 0.1) is 5.92 Å². The Morgan fingerprint density at radius 3 is 2.42 bits per heavy atom. The molecule has 1 aliphatic heterocycles. The van der Waals surface area contributed by atoms with Crippen molar-refractivity contribution in [2.24, 2.45) is 5.92 Å². The summed E-state index contributed by atoms with van der Waals surface area (Å²) in [5, 5.41) is 12.4. The minimum atomic E-state index is -3.25. The van der Waals surface area contributed by atoms with Gasteiger partial charge in [-0.3, -0.25) is 4.79 Å². The van der Waals surface area contributed by atoms with Gasteiger partial charge in [0.1, 0.15) is 0 Å². The fourth-order valence-corrected chi connectivity index (χ4v) is 4.88. The molecule has 0 aliphatic carbocycles. The number of nitrogens with one attached hydrogen (secondary N) is 1. The van der Waals surface area contributed by atoms with Gasteiger partial charge in [-0.2, -0.15) is 0 Å². The van der Waals surface area contributed by atoms with Gasteiger partial charge < -0.3 is 15.3 Å². The maximum Gasteiger partial charge on any atom is 0.407 e. The van der Waals surface area contributed by atoms with E-state index >= 15 is 0 Å². The van der Waals surface area contributed by atoms with Gasteiger partial charge in [0, 0.05) is 18.7 Å². The lowest BCUT2D eigenvalue weighted by atomic mass is 9.85. The summed E-state index contributed by atoms with van der Waals surface area (Å²) in [6.45, 7) is 6.28. The van der Waals surface area contributed by atoms with Crippen LogP contribution in [0.2, 0.25) is 0 Å². The Balaban J connectivity index is 1.72. The number of sulfone groups is 1. The first-order valence-electron chi connectivity index (χ1n) is 10.4. The van der Waals surface area contributed by atoms with Gasteiger partial charge in [0.15, 0.2) is 9.84 Å². The summed E-state index contributed by atoms with van der Waals surface area (Å²) in [6.07, 6.45) is -0.358. The number of carboxylic acid groups (broad SMARTS) is 1. The van der Waals surface area contributed by atoms with Gasteiger partial charge in [0.2, 0.25) is 0 Å². The highest BCUT2D eigenvalue weighted by atomic mass is 32.2. The highest BCUT2D eigenvalue weighted by Crippen LogP contribution is 2.35. The van der Waals surface area contributed by atoms with E-state index in [9.17, 15) is 23.1 Å². The zero-order valence-electron chi connectivity index (χ0n) is 18.0. The third-order valence-electron chi connectivity index (χ3n) is 5.67. The molecule has 0 radical (unpaired) electrons. The molecule has 0 fully saturated rings. The fraction of sp³-hybridized carbons (Fsp3) is 0.391. The number of fused-ring (bicyclic) bond motifs is 1. The molecule has 31 heavy (non-hydrogen) atoms. The molecule has 1 aliphatic rings. The van der Waals surface area contributed by atoms with Crippen molar-refractivity contribution in [2.45, 2.75) is 44.7 Å². The number of rotatable bonds is 6. The summed E-state index contributed by atoms with van der Waals surface area (Å²) in [7, 11) is -3.25. The van der Waals surface area contributed by atoms with Crippen LogP contribution in [-0.4, -0.2) is 42.7 Å². The van der Waals surface area contributed by atoms with Gasteiger partial charge in [0.05, 0.1) is 16.7 Å². The predicted octanol–water partition coefficient (Wildman–Crippen LogP) is 3.64. The number of carbonyl (C=O) groups is 2. The molecule has 1 heterocycles. The fourth-order valence-electron chi connectivity index (χ4n) is 4.00. The lowest BCUT2D eigenvalue weighted by Crippen LogP contribution is -2.41. The van der Waals surface area contributed by atoms with E-state index in [-0.39, 0.29) is 35.1 Å². The second kappa shape index (κ2) is 9.09. The van der Waals surface area contributed by atoms with E-state index in [0.29, 0.717) is 18.5 Å². The average Bonchev–Trinajstić information content (AvgIpc) is 2.76. The van der Waals surface area contributed by atoms with Crippen molar-refractivity contribution in [3.8, 4) is 0 Å². The number of hydrogen-bond acceptors (Lipinski definition) is 4. The molecule has 8 heteroatoms. The quantitative estimate of drug-likeness (QED) is 0.708. The molecule has 7 nitrogen and oxygen atoms in total. The van der Waals surface area contributed by atoms with Crippen molar-refractivity contribution in [3.05, 3.63) is 64.7 Å². The number of amides is 2. The van der Waals surface area contributed by atoms with Crippen LogP contribution in [0.15, 0.2) is 47.4 Å². The van der Waals surface area contributed by atoms with Crippen LogP contribution in [0.4, 0.5) is 4.79 Å². The Morgan fingerprint density at radius 2 is 1.84 bits per heavy atom. The van der Waals surface area contributed by atoms with Crippen LogP contribution in [0.25, 0.3) is 0 Å². The van der Waals surface area contributed by atoms with Crippen LogP contribution in [0.1, 0.15) is 53.9 Å². The maximum absolute atomic E-state index is 12.7. The number of hydrogen-bond donors (Lipinski definition) is 2. The highest BCUT2D eigenvalue weighted by molar-refractivity contribution is 7.91. The summed E-state index contributed by atoms with van der Waals surface area (Å²) < 4.78 is 23.8. The molecule has 2 aromatic carbocycles. The molecule has 2 amide bonds. The number of carbonyl (C=O) groups excluding carboxylic acids is 1. The van der Waals surface area contributed by atoms with Crippen molar-refractivity contribution < 1.29 is 23.1 Å². The number of benzene rings is 2. The van der Waals surface area contributed by atoms with Crippen molar-refractivity contribution >= 4 is 21.8 Å². The molecule has 2 N–H and O–H groups in total. The first-order chi connectivity index (χ1) is 14.6. The topological polar surface area (TPSA) is 104 Å². The highest BCUT2D eigenvalue weighted by Gasteiger charge is 2.33. The van der Waals surface area contributed by atoms with Crippen molar-refractivity contribution in [2.75, 3.05) is 12.3 Å². The molecule has 3 rings (SSSR count). The standard InChI is InChI=1S/C23H28N2O5S/c1-4-31(29,30)19-8-5-16(6-9-19)14-24-22(26)18-7-10-20-17(13-18)11-12-25(23(27)28)21(20)15(2)3/h5-10,13,15,21H,4,11-12,14H2,1-3H3,(H,24,26)(H,27,28). The van der Waals surface area contributed by atoms with Crippen LogP contribution >= 0.6 is 0 Å². The van der Waals surface area contributed by atoms with Crippen LogP contribution in [0.5, 0.6) is 0 Å². The molecule has 1 unspecified atom stereocenters. The normalized spacial score (nSPS) is 16.1. The van der Waals surface area contributed by atoms with E-state index in [0.717, 1.165) is 16.7 Å². The molecule has 0 bridgehead atoms. The monoisotopic (exact) mass is 444 g/mol. The SMILES string of the molecule is CCS(=O)(=O)c1ccc(CNC(=O)c2ccc3c(c2)CCN(C(=O)O)C3C(C)C)cc1. The van der Waals surface area contributed by atoms with Gasteiger partial charge >= 0.3 is 6.09 Å². The largest absolute Gasteiger partial charge is 0.465 e. The zero-order valence-corrected chi connectivity index (χ0v) is 18.8. The second-order valence-electron chi connectivity index (χ2n) is 8.06. The maximum atomic E-state index is 12.7. The third kappa shape index (κ3) is 4.90. The Bertz CT molecular complexity index is 1080. The van der Waals surface area contributed by atoms with Gasteiger partial charge in [-0.15, -0.1) is 0 Å². The minimum absolute atomic E-state index is 0.0449. The lowest BCUT2D eigenvalue weighted by Gasteiger charge is -2.38. The molecule has 2 aromatic rings. The van der Waals surface area contributed by atoms with Crippen LogP contribution < -0.4 is 5.32 Å². The summed E-state index contributed by atoms with van der Waals surface area (Å²) in [5.41, 5.74) is 3.28. The van der Waals surface area contributed by atoms with E-state index in [4.69, 9.17) is 0 Å². The first kappa shape index (κ1) is 22.8. The first-order valence-corrected chi connectivity index (χ1v) is 12.0. The van der Waals surface area contributed by atoms with Gasteiger partial charge in [-0.25, -0.2) is 13.2 Å². The van der Waals surface area contributed by atoms with E-state index in [1.807, 2.05) is 26.0 Å². The molecule has 166 valence electrons. The Morgan fingerprint density at radius 1 is 1.16 bits per heavy atom. The Kier molecular flexibility index (Phi) is 6.69. The summed E-state index contributed by atoms with van der Waals surface area (Å²) in [4.78, 5) is 26.0. The van der Waals surface area contributed by atoms with Crippen molar-refractivity contribution in [1.29, 1.82) is 0 Å². The zero-order chi connectivity index (χ0) is 22.8. The predicted molar refractivity (Wildman–Crippen MR) is 118 cm³/mol. The van der Waals surface area contributed by atoms with Gasteiger partial charge in [0.25, 0.3) is 5.91 Å². The Hall–Kier alpha value is -2.87. The van der Waals surface area contributed by atoms with Crippen LogP contribution in [-0.2, 0) is 22.8 Å². The summed E-state index contributed by atoms with van der Waals surface area (Å²) in [6, 6.07) is 11.7. The third-order valence-corrected chi connectivity index (χ3v) is 7.42. The van der Waals surface area contributed by atoms with Crippen molar-refractivity contribution in [3.63, 3.8) is 0 Å².